The van der Waals surface area contributed by atoms with Crippen molar-refractivity contribution in [2.24, 2.45) is 5.41 Å². The number of hydrogen-bond acceptors (Lipinski definition) is 6. The van der Waals surface area contributed by atoms with Gasteiger partial charge in [-0.05, 0) is 18.2 Å². The minimum Gasteiger partial charge on any atom is -0.378 e. The third kappa shape index (κ3) is 5.27. The molecular weight excluding hydrogens is 390 g/mol. The van der Waals surface area contributed by atoms with Gasteiger partial charge in [-0.2, -0.15) is 0 Å². The summed E-state index contributed by atoms with van der Waals surface area (Å²) in [5.74, 6) is -0.258. The SMILES string of the molecule is CC(C)(C)C(=O)/C=c1\s/c(=C\c2ccccn2)c(=O)n1CC(=O)N1CCOCC1. The lowest BCUT2D eigenvalue weighted by Crippen LogP contribution is -2.45. The lowest BCUT2D eigenvalue weighted by molar-refractivity contribution is -0.136. The van der Waals surface area contributed by atoms with E-state index in [4.69, 9.17) is 4.74 Å². The molecule has 0 aromatic carbocycles. The van der Waals surface area contributed by atoms with Gasteiger partial charge in [-0.15, -0.1) is 11.3 Å². The van der Waals surface area contributed by atoms with E-state index in [0.29, 0.717) is 41.2 Å². The zero-order valence-corrected chi connectivity index (χ0v) is 17.7. The number of carbonyl (C=O) groups is 2. The molecule has 0 saturated carbocycles. The first kappa shape index (κ1) is 21.1. The number of ether oxygens (including phenoxy) is 1. The molecule has 154 valence electrons. The summed E-state index contributed by atoms with van der Waals surface area (Å²) < 4.78 is 7.58. The van der Waals surface area contributed by atoms with Crippen molar-refractivity contribution in [1.82, 2.24) is 14.5 Å². The monoisotopic (exact) mass is 415 g/mol. The quantitative estimate of drug-likeness (QED) is 0.722. The van der Waals surface area contributed by atoms with E-state index in [-0.39, 0.29) is 23.8 Å². The van der Waals surface area contributed by atoms with Crippen LogP contribution >= 0.6 is 11.3 Å². The Labute approximate surface area is 172 Å². The van der Waals surface area contributed by atoms with Crippen molar-refractivity contribution >= 4 is 35.2 Å². The molecule has 1 amide bonds. The number of nitrogens with zero attached hydrogens (tertiary/aromatic N) is 3. The van der Waals surface area contributed by atoms with Crippen molar-refractivity contribution in [1.29, 1.82) is 0 Å². The highest BCUT2D eigenvalue weighted by molar-refractivity contribution is 7.07. The number of hydrogen-bond donors (Lipinski definition) is 0. The van der Waals surface area contributed by atoms with Crippen LogP contribution < -0.4 is 14.8 Å². The number of rotatable bonds is 4. The third-order valence-corrected chi connectivity index (χ3v) is 5.61. The Balaban J connectivity index is 2.06. The second kappa shape index (κ2) is 8.84. The summed E-state index contributed by atoms with van der Waals surface area (Å²) in [6, 6.07) is 5.43. The first-order valence-electron chi connectivity index (χ1n) is 9.50. The van der Waals surface area contributed by atoms with E-state index in [2.05, 4.69) is 4.98 Å². The zero-order valence-electron chi connectivity index (χ0n) is 16.9. The molecule has 1 saturated heterocycles. The van der Waals surface area contributed by atoms with Crippen LogP contribution in [0.1, 0.15) is 26.5 Å². The maximum Gasteiger partial charge on any atom is 0.269 e. The van der Waals surface area contributed by atoms with Crippen LogP contribution in [0.4, 0.5) is 0 Å². The minimum absolute atomic E-state index is 0.101. The van der Waals surface area contributed by atoms with Crippen LogP contribution in [0.2, 0.25) is 0 Å². The Bertz CT molecular complexity index is 1060. The van der Waals surface area contributed by atoms with Gasteiger partial charge in [-0.25, -0.2) is 0 Å². The first-order valence-corrected chi connectivity index (χ1v) is 10.3. The lowest BCUT2D eigenvalue weighted by atomic mass is 9.91. The molecule has 1 fully saturated rings. The number of Topliss-reactive ketones (excluding diaryl/α,β-unsaturated/α-hetero) is 1. The van der Waals surface area contributed by atoms with E-state index in [9.17, 15) is 14.4 Å². The number of amides is 1. The van der Waals surface area contributed by atoms with Crippen LogP contribution in [0, 0.1) is 5.41 Å². The van der Waals surface area contributed by atoms with Crippen LogP contribution in [0.3, 0.4) is 0 Å². The van der Waals surface area contributed by atoms with Crippen molar-refractivity contribution in [2.75, 3.05) is 26.3 Å². The van der Waals surface area contributed by atoms with Crippen molar-refractivity contribution in [3.8, 4) is 0 Å². The predicted octanol–water partition coefficient (Wildman–Crippen LogP) is 0.388. The van der Waals surface area contributed by atoms with Gasteiger partial charge >= 0.3 is 0 Å². The molecule has 8 heteroatoms. The Kier molecular flexibility index (Phi) is 6.44. The number of pyridine rings is 1. The molecule has 7 nitrogen and oxygen atoms in total. The minimum atomic E-state index is -0.579. The van der Waals surface area contributed by atoms with Crippen molar-refractivity contribution in [2.45, 2.75) is 27.3 Å². The zero-order chi connectivity index (χ0) is 21.0. The van der Waals surface area contributed by atoms with E-state index < -0.39 is 5.41 Å². The largest absolute Gasteiger partial charge is 0.378 e. The highest BCUT2D eigenvalue weighted by Gasteiger charge is 2.21. The third-order valence-electron chi connectivity index (χ3n) is 4.55. The molecule has 0 spiro atoms. The molecule has 0 bridgehead atoms. The number of morpholine rings is 1. The predicted molar refractivity (Wildman–Crippen MR) is 112 cm³/mol. The van der Waals surface area contributed by atoms with Gasteiger partial charge in [0, 0.05) is 30.8 Å². The molecule has 0 atom stereocenters. The second-order valence-corrected chi connectivity index (χ2v) is 8.91. The van der Waals surface area contributed by atoms with Gasteiger partial charge in [0.25, 0.3) is 5.56 Å². The Morgan fingerprint density at radius 3 is 2.59 bits per heavy atom. The lowest BCUT2D eigenvalue weighted by Gasteiger charge is -2.26. The van der Waals surface area contributed by atoms with E-state index in [1.54, 1.807) is 29.3 Å². The Morgan fingerprint density at radius 1 is 1.24 bits per heavy atom. The maximum absolute atomic E-state index is 13.0. The van der Waals surface area contributed by atoms with Gasteiger partial charge in [0.15, 0.2) is 5.78 Å². The average Bonchev–Trinajstić information content (AvgIpc) is 2.97. The van der Waals surface area contributed by atoms with E-state index in [1.807, 2.05) is 26.8 Å². The second-order valence-electron chi connectivity index (χ2n) is 7.85. The normalized spacial score (nSPS) is 16.3. The molecule has 3 heterocycles. The summed E-state index contributed by atoms with van der Waals surface area (Å²) in [5.41, 5.74) is -0.231. The Hall–Kier alpha value is -2.58. The number of aromatic nitrogens is 2. The van der Waals surface area contributed by atoms with Crippen LogP contribution in [0.25, 0.3) is 12.2 Å². The molecule has 1 aliphatic rings. The summed E-state index contributed by atoms with van der Waals surface area (Å²) in [4.78, 5) is 44.2. The smallest absolute Gasteiger partial charge is 0.269 e. The number of ketones is 1. The molecule has 0 aliphatic carbocycles. The highest BCUT2D eigenvalue weighted by Crippen LogP contribution is 2.14. The van der Waals surface area contributed by atoms with E-state index >= 15 is 0 Å². The molecule has 29 heavy (non-hydrogen) atoms. The van der Waals surface area contributed by atoms with Gasteiger partial charge < -0.3 is 9.64 Å². The van der Waals surface area contributed by atoms with Crippen molar-refractivity contribution in [3.05, 3.63) is 49.6 Å². The van der Waals surface area contributed by atoms with Gasteiger partial charge in [0.1, 0.15) is 11.2 Å². The van der Waals surface area contributed by atoms with Crippen molar-refractivity contribution < 1.29 is 14.3 Å². The van der Waals surface area contributed by atoms with Gasteiger partial charge in [0.2, 0.25) is 5.91 Å². The van der Waals surface area contributed by atoms with Crippen LogP contribution in [0.15, 0.2) is 29.2 Å². The molecule has 1 aliphatic heterocycles. The fourth-order valence-electron chi connectivity index (χ4n) is 2.77. The summed E-state index contributed by atoms with van der Waals surface area (Å²) in [7, 11) is 0. The molecule has 2 aromatic heterocycles. The maximum atomic E-state index is 13.0. The van der Waals surface area contributed by atoms with Gasteiger partial charge in [0.05, 0.1) is 23.4 Å². The fourth-order valence-corrected chi connectivity index (χ4v) is 3.79. The molecule has 0 radical (unpaired) electrons. The fraction of sp³-hybridized carbons (Fsp3) is 0.429. The van der Waals surface area contributed by atoms with Crippen LogP contribution in [0.5, 0.6) is 0 Å². The number of thiazole rings is 1. The van der Waals surface area contributed by atoms with Crippen molar-refractivity contribution in [3.63, 3.8) is 0 Å². The van der Waals surface area contributed by atoms with Gasteiger partial charge in [-0.3, -0.25) is 23.9 Å². The first-order chi connectivity index (χ1) is 13.8. The average molecular weight is 416 g/mol. The molecular formula is C21H25N3O4S. The van der Waals surface area contributed by atoms with Gasteiger partial charge in [-0.1, -0.05) is 26.8 Å². The van der Waals surface area contributed by atoms with Crippen LogP contribution in [-0.4, -0.2) is 52.4 Å². The van der Waals surface area contributed by atoms with E-state index in [0.717, 1.165) is 0 Å². The molecule has 0 unspecified atom stereocenters. The topological polar surface area (TPSA) is 81.5 Å². The summed E-state index contributed by atoms with van der Waals surface area (Å²) in [6.45, 7) is 7.35. The molecule has 0 N–H and O–H groups in total. The number of carbonyl (C=O) groups excluding carboxylic acids is 2. The summed E-state index contributed by atoms with van der Waals surface area (Å²) >= 11 is 1.20. The summed E-state index contributed by atoms with van der Waals surface area (Å²) in [6.07, 6.45) is 4.80. The molecule has 2 aromatic rings. The summed E-state index contributed by atoms with van der Waals surface area (Å²) in [5, 5.41) is 0. The Morgan fingerprint density at radius 2 is 1.97 bits per heavy atom. The van der Waals surface area contributed by atoms with Crippen LogP contribution in [-0.2, 0) is 20.9 Å². The van der Waals surface area contributed by atoms with E-state index in [1.165, 1.54) is 22.0 Å². The molecule has 3 rings (SSSR count). The highest BCUT2D eigenvalue weighted by atomic mass is 32.1. The standard InChI is InChI=1S/C21H25N3O4S/c1-21(2,3)17(25)13-19-24(14-18(26)23-8-10-28-11-9-23)20(27)16(29-19)12-15-6-4-5-7-22-15/h4-7,12-13H,8-11,14H2,1-3H3/b16-12-,19-13-.